The SMILES string of the molecule is Cc1nnc(Sc2ccc(Sc3nnc(C)s3)c(C(=O)Nc3nccs3)n2)s1. The highest BCUT2D eigenvalue weighted by atomic mass is 32.2. The van der Waals surface area contributed by atoms with E-state index in [-0.39, 0.29) is 5.91 Å². The maximum atomic E-state index is 12.8. The van der Waals surface area contributed by atoms with Crippen molar-refractivity contribution < 1.29 is 4.79 Å². The molecule has 4 heterocycles. The number of carbonyl (C=O) groups excluding carboxylic acids is 1. The Morgan fingerprint density at radius 2 is 1.71 bits per heavy atom. The second-order valence-electron chi connectivity index (χ2n) is 5.17. The predicted molar refractivity (Wildman–Crippen MR) is 112 cm³/mol. The number of rotatable bonds is 6. The van der Waals surface area contributed by atoms with Crippen molar-refractivity contribution in [3.05, 3.63) is 39.4 Å². The van der Waals surface area contributed by atoms with Crippen LogP contribution in [-0.2, 0) is 0 Å². The monoisotopic (exact) mass is 465 g/mol. The van der Waals surface area contributed by atoms with E-state index in [1.54, 1.807) is 11.6 Å². The van der Waals surface area contributed by atoms with Crippen LogP contribution in [0.2, 0.25) is 0 Å². The Labute approximate surface area is 180 Å². The van der Waals surface area contributed by atoms with E-state index in [4.69, 9.17) is 0 Å². The van der Waals surface area contributed by atoms with Gasteiger partial charge in [0, 0.05) is 16.5 Å². The molecule has 13 heteroatoms. The summed E-state index contributed by atoms with van der Waals surface area (Å²) in [6, 6.07) is 3.72. The Morgan fingerprint density at radius 3 is 2.32 bits per heavy atom. The second-order valence-corrected chi connectivity index (χ2v) is 11.0. The van der Waals surface area contributed by atoms with Crippen molar-refractivity contribution in [2.24, 2.45) is 0 Å². The first kappa shape index (κ1) is 19.4. The minimum absolute atomic E-state index is 0.305. The molecule has 8 nitrogen and oxygen atoms in total. The van der Waals surface area contributed by atoms with Gasteiger partial charge >= 0.3 is 0 Å². The Kier molecular flexibility index (Phi) is 5.96. The highest BCUT2D eigenvalue weighted by molar-refractivity contribution is 8.01. The molecule has 0 aliphatic rings. The van der Waals surface area contributed by atoms with Crippen LogP contribution >= 0.6 is 57.5 Å². The molecular weight excluding hydrogens is 455 g/mol. The lowest BCUT2D eigenvalue weighted by Gasteiger charge is -2.08. The summed E-state index contributed by atoms with van der Waals surface area (Å²) < 4.78 is 1.53. The molecule has 0 spiro atoms. The van der Waals surface area contributed by atoms with E-state index in [0.717, 1.165) is 18.7 Å². The summed E-state index contributed by atoms with van der Waals surface area (Å²) >= 11 is 7.03. The van der Waals surface area contributed by atoms with Gasteiger partial charge in [-0.2, -0.15) is 0 Å². The molecule has 1 amide bonds. The number of amides is 1. The van der Waals surface area contributed by atoms with Gasteiger partial charge in [-0.1, -0.05) is 34.4 Å². The van der Waals surface area contributed by atoms with E-state index in [1.165, 1.54) is 57.5 Å². The molecule has 0 saturated carbocycles. The van der Waals surface area contributed by atoms with E-state index >= 15 is 0 Å². The van der Waals surface area contributed by atoms with Gasteiger partial charge in [0.15, 0.2) is 13.8 Å². The lowest BCUT2D eigenvalue weighted by Crippen LogP contribution is -2.15. The molecule has 4 rings (SSSR count). The summed E-state index contributed by atoms with van der Waals surface area (Å²) in [4.78, 5) is 22.2. The van der Waals surface area contributed by atoms with Gasteiger partial charge in [0.05, 0.1) is 0 Å². The number of hydrogen-bond donors (Lipinski definition) is 1. The zero-order valence-corrected chi connectivity index (χ0v) is 18.5. The average molecular weight is 466 g/mol. The number of thiazole rings is 1. The van der Waals surface area contributed by atoms with Gasteiger partial charge < -0.3 is 0 Å². The summed E-state index contributed by atoms with van der Waals surface area (Å²) in [5.41, 5.74) is 0.305. The number of hydrogen-bond acceptors (Lipinski definition) is 12. The molecule has 0 saturated heterocycles. The molecular formula is C15H11N7OS5. The van der Waals surface area contributed by atoms with E-state index in [1.807, 2.05) is 26.0 Å². The lowest BCUT2D eigenvalue weighted by atomic mass is 10.3. The fraction of sp³-hybridized carbons (Fsp3) is 0.133. The lowest BCUT2D eigenvalue weighted by molar-refractivity contribution is 0.101. The zero-order valence-electron chi connectivity index (χ0n) is 14.4. The molecule has 0 fully saturated rings. The molecule has 4 aromatic rings. The quantitative estimate of drug-likeness (QED) is 0.443. The largest absolute Gasteiger partial charge is 0.296 e. The molecule has 142 valence electrons. The van der Waals surface area contributed by atoms with Crippen molar-refractivity contribution >= 4 is 68.6 Å². The number of anilines is 1. The topological polar surface area (TPSA) is 106 Å². The third-order valence-electron chi connectivity index (χ3n) is 3.10. The number of nitrogens with one attached hydrogen (secondary N) is 1. The van der Waals surface area contributed by atoms with Gasteiger partial charge in [-0.25, -0.2) is 9.97 Å². The average Bonchev–Trinajstić information content (AvgIpc) is 3.40. The predicted octanol–water partition coefficient (Wildman–Crippen LogP) is 4.41. The van der Waals surface area contributed by atoms with E-state index in [9.17, 15) is 4.79 Å². The zero-order chi connectivity index (χ0) is 19.5. The molecule has 0 atom stereocenters. The normalized spacial score (nSPS) is 10.9. The standard InChI is InChI=1S/C15H11N7OS5/c1-7-19-21-14(25-7)27-9-3-4-10(28-15-22-20-8(2)26-15)17-11(9)12(23)18-13-16-5-6-24-13/h3-6H,1-2H3,(H,16,18,23). The highest BCUT2D eigenvalue weighted by Gasteiger charge is 2.19. The van der Waals surface area contributed by atoms with Crippen molar-refractivity contribution in [2.45, 2.75) is 32.4 Å². The molecule has 4 aromatic heterocycles. The van der Waals surface area contributed by atoms with E-state index < -0.39 is 0 Å². The summed E-state index contributed by atoms with van der Waals surface area (Å²) in [7, 11) is 0. The van der Waals surface area contributed by atoms with Gasteiger partial charge in [0.2, 0.25) is 0 Å². The first-order valence-electron chi connectivity index (χ1n) is 7.74. The van der Waals surface area contributed by atoms with Gasteiger partial charge in [0.25, 0.3) is 5.91 Å². The maximum absolute atomic E-state index is 12.8. The molecule has 0 aliphatic carbocycles. The van der Waals surface area contributed by atoms with E-state index in [2.05, 4.69) is 35.7 Å². The summed E-state index contributed by atoms with van der Waals surface area (Å²) in [5.74, 6) is -0.324. The minimum Gasteiger partial charge on any atom is -0.296 e. The van der Waals surface area contributed by atoms with Crippen molar-refractivity contribution in [2.75, 3.05) is 5.32 Å². The van der Waals surface area contributed by atoms with Crippen LogP contribution in [0.3, 0.4) is 0 Å². The molecule has 0 aliphatic heterocycles. The maximum Gasteiger partial charge on any atom is 0.277 e. The van der Waals surface area contributed by atoms with Crippen molar-refractivity contribution in [1.82, 2.24) is 30.4 Å². The highest BCUT2D eigenvalue weighted by Crippen LogP contribution is 2.35. The van der Waals surface area contributed by atoms with Gasteiger partial charge in [0.1, 0.15) is 20.7 Å². The Morgan fingerprint density at radius 1 is 1.00 bits per heavy atom. The van der Waals surface area contributed by atoms with Crippen molar-refractivity contribution in [3.8, 4) is 0 Å². The van der Waals surface area contributed by atoms with Crippen LogP contribution in [0.1, 0.15) is 20.5 Å². The number of nitrogens with zero attached hydrogens (tertiary/aromatic N) is 6. The number of pyridine rings is 1. The van der Waals surface area contributed by atoms with Crippen LogP contribution < -0.4 is 5.32 Å². The number of carbonyl (C=O) groups is 1. The van der Waals surface area contributed by atoms with Gasteiger partial charge in [-0.3, -0.25) is 10.1 Å². The Bertz CT molecular complexity index is 1110. The summed E-state index contributed by atoms with van der Waals surface area (Å²) in [6.07, 6.45) is 1.64. The van der Waals surface area contributed by atoms with Crippen molar-refractivity contribution in [1.29, 1.82) is 0 Å². The fourth-order valence-corrected chi connectivity index (χ4v) is 6.11. The van der Waals surface area contributed by atoms with Crippen molar-refractivity contribution in [3.63, 3.8) is 0 Å². The first-order chi connectivity index (χ1) is 13.6. The van der Waals surface area contributed by atoms with Gasteiger partial charge in [-0.15, -0.1) is 31.7 Å². The third kappa shape index (κ3) is 4.72. The summed E-state index contributed by atoms with van der Waals surface area (Å²) in [5, 5.41) is 23.8. The summed E-state index contributed by atoms with van der Waals surface area (Å²) in [6.45, 7) is 3.78. The van der Waals surface area contributed by atoms with Crippen LogP contribution in [0.15, 0.2) is 42.3 Å². The molecule has 0 aromatic carbocycles. The molecule has 1 N–H and O–H groups in total. The van der Waals surface area contributed by atoms with Gasteiger partial charge in [-0.05, 0) is 37.7 Å². The van der Waals surface area contributed by atoms with E-state index in [0.29, 0.717) is 20.7 Å². The number of aryl methyl sites for hydroxylation is 2. The van der Waals surface area contributed by atoms with Crippen LogP contribution in [0.4, 0.5) is 5.13 Å². The van der Waals surface area contributed by atoms with Crippen LogP contribution in [-0.4, -0.2) is 36.3 Å². The Balaban J connectivity index is 1.64. The molecule has 0 radical (unpaired) electrons. The Hall–Kier alpha value is -1.93. The van der Waals surface area contributed by atoms with Crippen LogP contribution in [0.25, 0.3) is 0 Å². The minimum atomic E-state index is -0.324. The molecule has 0 unspecified atom stereocenters. The molecule has 28 heavy (non-hydrogen) atoms. The molecule has 0 bridgehead atoms. The fourth-order valence-electron chi connectivity index (χ4n) is 1.99. The number of aromatic nitrogens is 6. The van der Waals surface area contributed by atoms with Crippen LogP contribution in [0, 0.1) is 13.8 Å². The third-order valence-corrected chi connectivity index (χ3v) is 7.56. The second kappa shape index (κ2) is 8.61. The first-order valence-corrected chi connectivity index (χ1v) is 11.9. The smallest absolute Gasteiger partial charge is 0.277 e. The van der Waals surface area contributed by atoms with Crippen LogP contribution in [0.5, 0.6) is 0 Å².